The maximum Gasteiger partial charge on any atom is 0.267 e. The molecule has 0 radical (unpaired) electrons. The fourth-order valence-electron chi connectivity index (χ4n) is 3.61. The van der Waals surface area contributed by atoms with Crippen LogP contribution in [0.15, 0.2) is 0 Å². The molecule has 2 atom stereocenters. The van der Waals surface area contributed by atoms with Gasteiger partial charge in [-0.25, -0.2) is 0 Å². The van der Waals surface area contributed by atoms with Gasteiger partial charge in [-0.2, -0.15) is 8.42 Å². The van der Waals surface area contributed by atoms with Crippen molar-refractivity contribution in [2.75, 3.05) is 0 Å². The Labute approximate surface area is 169 Å². The van der Waals surface area contributed by atoms with Crippen LogP contribution >= 0.6 is 0 Å². The molecular formula is C22H46O4S. The Morgan fingerprint density at radius 2 is 1.00 bits per heavy atom. The molecule has 0 aliphatic rings. The molecule has 5 heteroatoms. The molecule has 0 amide bonds. The van der Waals surface area contributed by atoms with E-state index in [1.165, 1.54) is 77.0 Å². The van der Waals surface area contributed by atoms with Crippen molar-refractivity contribution in [3.05, 3.63) is 0 Å². The zero-order valence-electron chi connectivity index (χ0n) is 18.0. The molecule has 4 nitrogen and oxygen atoms in total. The second-order valence-corrected chi connectivity index (χ2v) is 10.00. The van der Waals surface area contributed by atoms with Crippen LogP contribution in [0.3, 0.4) is 0 Å². The van der Waals surface area contributed by atoms with Crippen LogP contribution in [0.25, 0.3) is 0 Å². The first-order chi connectivity index (χ1) is 12.9. The SMILES string of the molecule is CCCCCCCCCCCCCCCCCC(CCC(C)O)S(=O)(=O)O. The van der Waals surface area contributed by atoms with Gasteiger partial charge in [-0.05, 0) is 26.2 Å². The third-order valence-corrected chi connectivity index (χ3v) is 6.77. The minimum atomic E-state index is -3.99. The van der Waals surface area contributed by atoms with Gasteiger partial charge in [-0.3, -0.25) is 4.55 Å². The van der Waals surface area contributed by atoms with Gasteiger partial charge in [0.25, 0.3) is 10.1 Å². The molecular weight excluding hydrogens is 360 g/mol. The second kappa shape index (κ2) is 17.9. The lowest BCUT2D eigenvalue weighted by Gasteiger charge is -2.14. The van der Waals surface area contributed by atoms with Crippen LogP contribution in [0.4, 0.5) is 0 Å². The van der Waals surface area contributed by atoms with E-state index in [0.717, 1.165) is 19.3 Å². The third kappa shape index (κ3) is 19.0. The fraction of sp³-hybridized carbons (Fsp3) is 1.00. The Hall–Kier alpha value is -0.130. The Morgan fingerprint density at radius 1 is 0.630 bits per heavy atom. The van der Waals surface area contributed by atoms with Crippen LogP contribution in [-0.2, 0) is 10.1 Å². The van der Waals surface area contributed by atoms with Crippen LogP contribution in [0, 0.1) is 0 Å². The number of hydrogen-bond acceptors (Lipinski definition) is 3. The van der Waals surface area contributed by atoms with E-state index >= 15 is 0 Å². The van der Waals surface area contributed by atoms with Crippen LogP contribution in [0.1, 0.15) is 129 Å². The van der Waals surface area contributed by atoms with Gasteiger partial charge < -0.3 is 5.11 Å². The summed E-state index contributed by atoms with van der Waals surface area (Å²) in [5.41, 5.74) is 0. The van der Waals surface area contributed by atoms with Crippen LogP contribution in [0.2, 0.25) is 0 Å². The van der Waals surface area contributed by atoms with Gasteiger partial charge in [-0.1, -0.05) is 103 Å². The zero-order chi connectivity index (χ0) is 20.4. The highest BCUT2D eigenvalue weighted by Crippen LogP contribution is 2.18. The average molecular weight is 407 g/mol. The smallest absolute Gasteiger partial charge is 0.267 e. The zero-order valence-corrected chi connectivity index (χ0v) is 18.8. The maximum absolute atomic E-state index is 11.4. The standard InChI is InChI=1S/C22H46O4S/c1-3-4-5-6-7-8-9-10-11-12-13-14-15-16-17-18-22(27(24,25)26)20-19-21(2)23/h21-23H,3-20H2,1-2H3,(H,24,25,26). The van der Waals surface area contributed by atoms with Gasteiger partial charge in [-0.15, -0.1) is 0 Å². The predicted molar refractivity (Wildman–Crippen MR) is 116 cm³/mol. The summed E-state index contributed by atoms with van der Waals surface area (Å²) in [5, 5.41) is 8.58. The highest BCUT2D eigenvalue weighted by atomic mass is 32.2. The summed E-state index contributed by atoms with van der Waals surface area (Å²) in [6, 6.07) is 0. The molecule has 0 aromatic rings. The van der Waals surface area contributed by atoms with Gasteiger partial charge in [0.1, 0.15) is 0 Å². The largest absolute Gasteiger partial charge is 0.393 e. The minimum Gasteiger partial charge on any atom is -0.393 e. The van der Waals surface area contributed by atoms with Crippen molar-refractivity contribution >= 4 is 10.1 Å². The topological polar surface area (TPSA) is 74.6 Å². The van der Waals surface area contributed by atoms with E-state index < -0.39 is 21.5 Å². The first-order valence-corrected chi connectivity index (χ1v) is 13.0. The van der Waals surface area contributed by atoms with Gasteiger partial charge in [0.15, 0.2) is 0 Å². The lowest BCUT2D eigenvalue weighted by molar-refractivity contribution is 0.180. The monoisotopic (exact) mass is 406 g/mol. The fourth-order valence-corrected chi connectivity index (χ4v) is 4.51. The van der Waals surface area contributed by atoms with Gasteiger partial charge in [0.05, 0.1) is 11.4 Å². The summed E-state index contributed by atoms with van der Waals surface area (Å²) >= 11 is 0. The Balaban J connectivity index is 3.45. The quantitative estimate of drug-likeness (QED) is 0.175. The molecule has 0 saturated carbocycles. The highest BCUT2D eigenvalue weighted by molar-refractivity contribution is 7.86. The lowest BCUT2D eigenvalue weighted by atomic mass is 10.0. The second-order valence-electron chi connectivity index (χ2n) is 8.30. The summed E-state index contributed by atoms with van der Waals surface area (Å²) in [4.78, 5) is 0. The summed E-state index contributed by atoms with van der Waals surface area (Å²) in [6.45, 7) is 3.91. The molecule has 0 saturated heterocycles. The number of rotatable bonds is 20. The number of unbranched alkanes of at least 4 members (excludes halogenated alkanes) is 14. The molecule has 2 N–H and O–H groups in total. The van der Waals surface area contributed by atoms with Crippen LogP contribution < -0.4 is 0 Å². The predicted octanol–water partition coefficient (Wildman–Crippen LogP) is 6.67. The first-order valence-electron chi connectivity index (χ1n) is 11.5. The minimum absolute atomic E-state index is 0.342. The summed E-state index contributed by atoms with van der Waals surface area (Å²) in [7, 11) is -3.99. The summed E-state index contributed by atoms with van der Waals surface area (Å²) in [6.07, 6.45) is 20.0. The van der Waals surface area contributed by atoms with E-state index in [9.17, 15) is 18.1 Å². The van der Waals surface area contributed by atoms with E-state index in [1.54, 1.807) is 6.92 Å². The number of hydrogen-bond donors (Lipinski definition) is 2. The van der Waals surface area contributed by atoms with Crippen molar-refractivity contribution in [2.24, 2.45) is 0 Å². The molecule has 0 spiro atoms. The van der Waals surface area contributed by atoms with E-state index in [0.29, 0.717) is 19.3 Å². The van der Waals surface area contributed by atoms with Crippen molar-refractivity contribution in [3.8, 4) is 0 Å². The average Bonchev–Trinajstić information content (AvgIpc) is 2.59. The summed E-state index contributed by atoms with van der Waals surface area (Å²) < 4.78 is 32.1. The van der Waals surface area contributed by atoms with Crippen molar-refractivity contribution in [3.63, 3.8) is 0 Å². The normalized spacial score (nSPS) is 14.4. The molecule has 0 fully saturated rings. The molecule has 164 valence electrons. The number of aliphatic hydroxyl groups is 1. The van der Waals surface area contributed by atoms with Gasteiger partial charge in [0.2, 0.25) is 0 Å². The van der Waals surface area contributed by atoms with Crippen molar-refractivity contribution in [1.82, 2.24) is 0 Å². The molecule has 0 rings (SSSR count). The third-order valence-electron chi connectivity index (χ3n) is 5.46. The molecule has 2 unspecified atom stereocenters. The molecule has 0 aliphatic carbocycles. The molecule has 0 bridgehead atoms. The molecule has 0 aliphatic heterocycles. The van der Waals surface area contributed by atoms with E-state index in [4.69, 9.17) is 0 Å². The van der Waals surface area contributed by atoms with E-state index in [1.807, 2.05) is 0 Å². The highest BCUT2D eigenvalue weighted by Gasteiger charge is 2.22. The van der Waals surface area contributed by atoms with Gasteiger partial charge >= 0.3 is 0 Å². The van der Waals surface area contributed by atoms with Crippen LogP contribution in [0.5, 0.6) is 0 Å². The van der Waals surface area contributed by atoms with E-state index in [2.05, 4.69) is 6.92 Å². The van der Waals surface area contributed by atoms with Gasteiger partial charge in [0, 0.05) is 0 Å². The first kappa shape index (κ1) is 26.9. The van der Waals surface area contributed by atoms with Crippen LogP contribution in [-0.4, -0.2) is 29.4 Å². The lowest BCUT2D eigenvalue weighted by Crippen LogP contribution is -2.22. The summed E-state index contributed by atoms with van der Waals surface area (Å²) in [5.74, 6) is 0. The Bertz CT molecular complexity index is 407. The number of aliphatic hydroxyl groups excluding tert-OH is 1. The Kier molecular flexibility index (Phi) is 17.8. The van der Waals surface area contributed by atoms with Crippen molar-refractivity contribution < 1.29 is 18.1 Å². The molecule has 0 heterocycles. The molecule has 0 aromatic heterocycles. The molecule has 27 heavy (non-hydrogen) atoms. The van der Waals surface area contributed by atoms with Crippen molar-refractivity contribution in [2.45, 2.75) is 141 Å². The van der Waals surface area contributed by atoms with Crippen molar-refractivity contribution in [1.29, 1.82) is 0 Å². The maximum atomic E-state index is 11.4. The van der Waals surface area contributed by atoms with E-state index in [-0.39, 0.29) is 0 Å². The molecule has 0 aromatic carbocycles. The Morgan fingerprint density at radius 3 is 1.33 bits per heavy atom.